The Morgan fingerprint density at radius 1 is 1.33 bits per heavy atom. The van der Waals surface area contributed by atoms with Gasteiger partial charge in [0.15, 0.2) is 0 Å². The fourth-order valence-corrected chi connectivity index (χ4v) is 1.98. The van der Waals surface area contributed by atoms with Gasteiger partial charge in [-0.05, 0) is 18.6 Å². The summed E-state index contributed by atoms with van der Waals surface area (Å²) in [6, 6.07) is 2.39. The molecule has 0 aromatic heterocycles. The molecule has 0 atom stereocenters. The Bertz CT molecular complexity index is 415. The van der Waals surface area contributed by atoms with Crippen LogP contribution >= 0.6 is 23.2 Å². The second-order valence-corrected chi connectivity index (χ2v) is 4.88. The molecule has 0 saturated carbocycles. The van der Waals surface area contributed by atoms with Gasteiger partial charge >= 0.3 is 0 Å². The Hall–Kier alpha value is -1.00. The first-order valence-electron chi connectivity index (χ1n) is 5.50. The molecule has 0 radical (unpaired) electrons. The van der Waals surface area contributed by atoms with E-state index in [2.05, 4.69) is 5.32 Å². The third-order valence-electron chi connectivity index (χ3n) is 2.37. The van der Waals surface area contributed by atoms with Gasteiger partial charge in [-0.25, -0.2) is 4.39 Å². The van der Waals surface area contributed by atoms with Crippen LogP contribution in [0.5, 0.6) is 0 Å². The summed E-state index contributed by atoms with van der Waals surface area (Å²) >= 11 is 11.7. The summed E-state index contributed by atoms with van der Waals surface area (Å²) in [5, 5.41) is 3.47. The molecule has 3 nitrogen and oxygen atoms in total. The summed E-state index contributed by atoms with van der Waals surface area (Å²) in [7, 11) is 3.42. The predicted octanol–water partition coefficient (Wildman–Crippen LogP) is 3.41. The number of hydrogen-bond acceptors (Lipinski definition) is 2. The molecule has 0 unspecified atom stereocenters. The lowest BCUT2D eigenvalue weighted by Crippen LogP contribution is -2.22. The number of amides is 1. The second-order valence-electron chi connectivity index (χ2n) is 4.06. The highest BCUT2D eigenvalue weighted by atomic mass is 35.5. The van der Waals surface area contributed by atoms with Gasteiger partial charge in [0.25, 0.3) is 0 Å². The zero-order valence-electron chi connectivity index (χ0n) is 10.3. The molecule has 0 heterocycles. The van der Waals surface area contributed by atoms with E-state index >= 15 is 0 Å². The van der Waals surface area contributed by atoms with E-state index in [1.54, 1.807) is 14.1 Å². The van der Waals surface area contributed by atoms with Crippen molar-refractivity contribution in [1.82, 2.24) is 4.90 Å². The number of nitrogens with zero attached hydrogens (tertiary/aromatic N) is 1. The third kappa shape index (κ3) is 4.35. The normalized spacial score (nSPS) is 10.3. The van der Waals surface area contributed by atoms with Crippen molar-refractivity contribution in [1.29, 1.82) is 0 Å². The van der Waals surface area contributed by atoms with Gasteiger partial charge in [0.2, 0.25) is 5.91 Å². The first-order chi connectivity index (χ1) is 8.41. The van der Waals surface area contributed by atoms with Gasteiger partial charge in [-0.2, -0.15) is 0 Å². The molecule has 0 aliphatic rings. The van der Waals surface area contributed by atoms with Crippen LogP contribution in [-0.4, -0.2) is 31.4 Å². The van der Waals surface area contributed by atoms with Crippen molar-refractivity contribution < 1.29 is 9.18 Å². The van der Waals surface area contributed by atoms with Crippen LogP contribution < -0.4 is 5.32 Å². The molecule has 18 heavy (non-hydrogen) atoms. The van der Waals surface area contributed by atoms with E-state index in [1.165, 1.54) is 17.0 Å². The summed E-state index contributed by atoms with van der Waals surface area (Å²) in [6.45, 7) is 0.546. The van der Waals surface area contributed by atoms with Crippen molar-refractivity contribution in [3.05, 3.63) is 28.0 Å². The highest BCUT2D eigenvalue weighted by Crippen LogP contribution is 2.31. The zero-order chi connectivity index (χ0) is 13.7. The Morgan fingerprint density at radius 3 is 2.39 bits per heavy atom. The molecule has 1 aromatic carbocycles. The SMILES string of the molecule is CN(C)C(=O)CCCNc1c(Cl)cc(F)cc1Cl. The molecule has 0 aliphatic heterocycles. The highest BCUT2D eigenvalue weighted by Gasteiger charge is 2.08. The average Bonchev–Trinajstić information content (AvgIpc) is 2.26. The number of halogens is 3. The lowest BCUT2D eigenvalue weighted by Gasteiger charge is -2.12. The number of benzene rings is 1. The van der Waals surface area contributed by atoms with Gasteiger partial charge in [-0.3, -0.25) is 4.79 Å². The van der Waals surface area contributed by atoms with Gasteiger partial charge in [0.05, 0.1) is 15.7 Å². The smallest absolute Gasteiger partial charge is 0.222 e. The van der Waals surface area contributed by atoms with Crippen LogP contribution in [0.3, 0.4) is 0 Å². The van der Waals surface area contributed by atoms with Crippen molar-refractivity contribution >= 4 is 34.8 Å². The van der Waals surface area contributed by atoms with Crippen LogP contribution in [0.4, 0.5) is 10.1 Å². The number of carbonyl (C=O) groups excluding carboxylic acids is 1. The largest absolute Gasteiger partial charge is 0.383 e. The lowest BCUT2D eigenvalue weighted by atomic mass is 10.2. The first-order valence-corrected chi connectivity index (χ1v) is 6.26. The maximum absolute atomic E-state index is 12.9. The van der Waals surface area contributed by atoms with E-state index in [0.717, 1.165) is 0 Å². The van der Waals surface area contributed by atoms with Crippen molar-refractivity contribution in [2.75, 3.05) is 26.0 Å². The molecule has 1 N–H and O–H groups in total. The van der Waals surface area contributed by atoms with Gasteiger partial charge in [-0.1, -0.05) is 23.2 Å². The van der Waals surface area contributed by atoms with E-state index in [0.29, 0.717) is 25.1 Å². The minimum Gasteiger partial charge on any atom is -0.383 e. The molecule has 0 aliphatic carbocycles. The predicted molar refractivity (Wildman–Crippen MR) is 72.8 cm³/mol. The molecule has 0 fully saturated rings. The summed E-state index contributed by atoms with van der Waals surface area (Å²) in [6.07, 6.45) is 1.09. The Labute approximate surface area is 116 Å². The second kappa shape index (κ2) is 6.81. The fourth-order valence-electron chi connectivity index (χ4n) is 1.39. The van der Waals surface area contributed by atoms with Crippen LogP contribution in [0, 0.1) is 5.82 Å². The summed E-state index contributed by atoms with van der Waals surface area (Å²) in [5.41, 5.74) is 0.497. The Balaban J connectivity index is 2.47. The zero-order valence-corrected chi connectivity index (χ0v) is 11.8. The van der Waals surface area contributed by atoms with Gasteiger partial charge < -0.3 is 10.2 Å². The molecule has 100 valence electrons. The van der Waals surface area contributed by atoms with Gasteiger partial charge in [-0.15, -0.1) is 0 Å². The van der Waals surface area contributed by atoms with Crippen molar-refractivity contribution in [2.24, 2.45) is 0 Å². The number of rotatable bonds is 5. The molecule has 1 amide bonds. The van der Waals surface area contributed by atoms with Crippen LogP contribution in [0.2, 0.25) is 10.0 Å². The van der Waals surface area contributed by atoms with E-state index in [9.17, 15) is 9.18 Å². The number of carbonyl (C=O) groups is 1. The van der Waals surface area contributed by atoms with E-state index < -0.39 is 5.82 Å². The lowest BCUT2D eigenvalue weighted by molar-refractivity contribution is -0.128. The third-order valence-corrected chi connectivity index (χ3v) is 2.97. The van der Waals surface area contributed by atoms with Crippen LogP contribution in [0.1, 0.15) is 12.8 Å². The molecule has 0 saturated heterocycles. The van der Waals surface area contributed by atoms with E-state index in [4.69, 9.17) is 23.2 Å². The number of anilines is 1. The minimum absolute atomic E-state index is 0.0631. The van der Waals surface area contributed by atoms with E-state index in [1.807, 2.05) is 0 Å². The average molecular weight is 293 g/mol. The Kier molecular flexibility index (Phi) is 5.69. The van der Waals surface area contributed by atoms with Crippen molar-refractivity contribution in [3.8, 4) is 0 Å². The molecule has 1 rings (SSSR count). The van der Waals surface area contributed by atoms with E-state index in [-0.39, 0.29) is 16.0 Å². The summed E-state index contributed by atoms with van der Waals surface area (Å²) < 4.78 is 12.9. The monoisotopic (exact) mass is 292 g/mol. The van der Waals surface area contributed by atoms with Crippen LogP contribution in [0.25, 0.3) is 0 Å². The topological polar surface area (TPSA) is 32.3 Å². The quantitative estimate of drug-likeness (QED) is 0.844. The first kappa shape index (κ1) is 15.1. The summed E-state index contributed by atoms with van der Waals surface area (Å²) in [4.78, 5) is 12.9. The molecule has 0 spiro atoms. The van der Waals surface area contributed by atoms with Gasteiger partial charge in [0, 0.05) is 27.1 Å². The highest BCUT2D eigenvalue weighted by molar-refractivity contribution is 6.39. The van der Waals surface area contributed by atoms with Crippen LogP contribution in [-0.2, 0) is 4.79 Å². The molecular formula is C12H15Cl2FN2O. The molecule has 6 heteroatoms. The maximum Gasteiger partial charge on any atom is 0.222 e. The standard InChI is InChI=1S/C12H15Cl2FN2O/c1-17(2)11(18)4-3-5-16-12-9(13)6-8(15)7-10(12)14/h6-7,16H,3-5H2,1-2H3. The molecular weight excluding hydrogens is 278 g/mol. The minimum atomic E-state index is -0.474. The van der Waals surface area contributed by atoms with Crippen molar-refractivity contribution in [3.63, 3.8) is 0 Å². The molecule has 0 bridgehead atoms. The van der Waals surface area contributed by atoms with Crippen LogP contribution in [0.15, 0.2) is 12.1 Å². The van der Waals surface area contributed by atoms with Crippen molar-refractivity contribution in [2.45, 2.75) is 12.8 Å². The molecule has 1 aromatic rings. The Morgan fingerprint density at radius 2 is 1.89 bits per heavy atom. The maximum atomic E-state index is 12.9. The number of hydrogen-bond donors (Lipinski definition) is 1. The van der Waals surface area contributed by atoms with Gasteiger partial charge in [0.1, 0.15) is 5.82 Å². The number of nitrogens with one attached hydrogen (secondary N) is 1. The fraction of sp³-hybridized carbons (Fsp3) is 0.417. The summed E-state index contributed by atoms with van der Waals surface area (Å²) in [5.74, 6) is -0.411.